The molecule has 28 heavy (non-hydrogen) atoms. The predicted molar refractivity (Wildman–Crippen MR) is 114 cm³/mol. The average Bonchev–Trinajstić information content (AvgIpc) is 2.62. The maximum absolute atomic E-state index is 12.6. The van der Waals surface area contributed by atoms with E-state index < -0.39 is 0 Å². The molecule has 0 saturated carbocycles. The third kappa shape index (κ3) is 7.53. The number of carbonyl (C=O) groups excluding carboxylic acids is 2. The van der Waals surface area contributed by atoms with Gasteiger partial charge in [-0.15, -0.1) is 0 Å². The van der Waals surface area contributed by atoms with Gasteiger partial charge in [-0.1, -0.05) is 55.5 Å². The minimum absolute atomic E-state index is 0.0772. The Bertz CT molecular complexity index is 782. The van der Waals surface area contributed by atoms with E-state index in [0.29, 0.717) is 6.54 Å². The topological polar surface area (TPSA) is 61.4 Å². The molecule has 0 aliphatic carbocycles. The predicted octanol–water partition coefficient (Wildman–Crippen LogP) is 3.45. The van der Waals surface area contributed by atoms with E-state index in [1.165, 1.54) is 5.56 Å². The van der Waals surface area contributed by atoms with Crippen molar-refractivity contribution in [3.05, 3.63) is 65.7 Å². The van der Waals surface area contributed by atoms with Crippen LogP contribution in [0.15, 0.2) is 54.6 Å². The fourth-order valence-electron chi connectivity index (χ4n) is 2.95. The molecule has 0 spiro atoms. The first-order valence-electron chi connectivity index (χ1n) is 9.72. The van der Waals surface area contributed by atoms with Crippen LogP contribution in [-0.4, -0.2) is 41.9 Å². The molecule has 2 amide bonds. The lowest BCUT2D eigenvalue weighted by atomic mass is 10.0. The van der Waals surface area contributed by atoms with Crippen molar-refractivity contribution in [1.82, 2.24) is 10.2 Å². The van der Waals surface area contributed by atoms with Gasteiger partial charge >= 0.3 is 0 Å². The minimum atomic E-state index is -0.283. The van der Waals surface area contributed by atoms with E-state index in [4.69, 9.17) is 0 Å². The second kappa shape index (κ2) is 10.0. The second-order valence-electron chi connectivity index (χ2n) is 7.97. The molecule has 2 aromatic rings. The molecule has 0 atom stereocenters. The average molecular weight is 382 g/mol. The van der Waals surface area contributed by atoms with Gasteiger partial charge in [-0.05, 0) is 50.9 Å². The summed E-state index contributed by atoms with van der Waals surface area (Å²) in [6.07, 6.45) is 0.753. The number of hydrogen-bond acceptors (Lipinski definition) is 3. The summed E-state index contributed by atoms with van der Waals surface area (Å²) in [5, 5.41) is 5.94. The first kappa shape index (κ1) is 21.6. The molecular weight excluding hydrogens is 350 g/mol. The molecule has 2 aromatic carbocycles. The normalized spacial score (nSPS) is 11.3. The van der Waals surface area contributed by atoms with Gasteiger partial charge in [-0.25, -0.2) is 0 Å². The van der Waals surface area contributed by atoms with Crippen LogP contribution in [0, 0.1) is 0 Å². The number of benzene rings is 2. The van der Waals surface area contributed by atoms with Crippen LogP contribution in [-0.2, 0) is 16.0 Å². The first-order chi connectivity index (χ1) is 13.3. The largest absolute Gasteiger partial charge is 0.350 e. The lowest BCUT2D eigenvalue weighted by Crippen LogP contribution is -2.47. The van der Waals surface area contributed by atoms with Gasteiger partial charge in [0.15, 0.2) is 0 Å². The Morgan fingerprint density at radius 1 is 0.893 bits per heavy atom. The molecule has 0 bridgehead atoms. The number of likely N-dealkylation sites (N-methyl/N-ethyl adjacent to an activating group) is 1. The number of nitrogens with zero attached hydrogens (tertiary/aromatic N) is 1. The molecule has 0 unspecified atom stereocenters. The lowest BCUT2D eigenvalue weighted by Gasteiger charge is -2.24. The molecule has 5 nitrogen and oxygen atoms in total. The number of para-hydroxylation sites is 1. The minimum Gasteiger partial charge on any atom is -0.350 e. The van der Waals surface area contributed by atoms with E-state index in [0.717, 1.165) is 17.7 Å². The van der Waals surface area contributed by atoms with Crippen LogP contribution < -0.4 is 10.6 Å². The summed E-state index contributed by atoms with van der Waals surface area (Å²) in [6, 6.07) is 18.0. The monoisotopic (exact) mass is 381 g/mol. The van der Waals surface area contributed by atoms with Crippen LogP contribution in [0.2, 0.25) is 0 Å². The van der Waals surface area contributed by atoms with Gasteiger partial charge < -0.3 is 10.6 Å². The van der Waals surface area contributed by atoms with Crippen molar-refractivity contribution in [2.45, 2.75) is 39.7 Å². The molecular formula is C23H31N3O2. The fourth-order valence-corrected chi connectivity index (χ4v) is 2.95. The van der Waals surface area contributed by atoms with E-state index in [1.54, 1.807) is 0 Å². The maximum Gasteiger partial charge on any atom is 0.238 e. The zero-order chi connectivity index (χ0) is 20.6. The SMILES string of the molecule is CCN(CC(=O)Nc1ccccc1Cc1ccccc1)CC(=O)NC(C)(C)C. The summed E-state index contributed by atoms with van der Waals surface area (Å²) in [4.78, 5) is 26.5. The third-order valence-electron chi connectivity index (χ3n) is 4.22. The van der Waals surface area contributed by atoms with Crippen molar-refractivity contribution in [3.8, 4) is 0 Å². The van der Waals surface area contributed by atoms with Crippen LogP contribution in [0.5, 0.6) is 0 Å². The highest BCUT2D eigenvalue weighted by molar-refractivity contribution is 5.93. The molecule has 5 heteroatoms. The Kier molecular flexibility index (Phi) is 7.76. The van der Waals surface area contributed by atoms with E-state index >= 15 is 0 Å². The molecule has 2 rings (SSSR count). The van der Waals surface area contributed by atoms with Gasteiger partial charge in [0.05, 0.1) is 13.1 Å². The molecule has 0 aliphatic heterocycles. The van der Waals surface area contributed by atoms with Crippen molar-refractivity contribution >= 4 is 17.5 Å². The lowest BCUT2D eigenvalue weighted by molar-refractivity contribution is -0.124. The number of hydrogen-bond donors (Lipinski definition) is 2. The number of rotatable bonds is 8. The zero-order valence-electron chi connectivity index (χ0n) is 17.3. The van der Waals surface area contributed by atoms with E-state index in [1.807, 2.05) is 75.1 Å². The maximum atomic E-state index is 12.6. The van der Waals surface area contributed by atoms with Crippen LogP contribution in [0.4, 0.5) is 5.69 Å². The van der Waals surface area contributed by atoms with Crippen molar-refractivity contribution < 1.29 is 9.59 Å². The Morgan fingerprint density at radius 3 is 2.14 bits per heavy atom. The van der Waals surface area contributed by atoms with Crippen LogP contribution in [0.25, 0.3) is 0 Å². The van der Waals surface area contributed by atoms with Gasteiger partial charge in [0.2, 0.25) is 11.8 Å². The molecule has 0 heterocycles. The summed E-state index contributed by atoms with van der Waals surface area (Å²) in [7, 11) is 0. The van der Waals surface area contributed by atoms with Gasteiger partial charge in [0.25, 0.3) is 0 Å². The van der Waals surface area contributed by atoms with Gasteiger partial charge in [-0.2, -0.15) is 0 Å². The van der Waals surface area contributed by atoms with Crippen LogP contribution >= 0.6 is 0 Å². The van der Waals surface area contributed by atoms with Crippen molar-refractivity contribution in [1.29, 1.82) is 0 Å². The molecule has 2 N–H and O–H groups in total. The first-order valence-corrected chi connectivity index (χ1v) is 9.72. The smallest absolute Gasteiger partial charge is 0.238 e. The van der Waals surface area contributed by atoms with Crippen LogP contribution in [0.3, 0.4) is 0 Å². The quantitative estimate of drug-likeness (QED) is 0.736. The van der Waals surface area contributed by atoms with Gasteiger partial charge in [-0.3, -0.25) is 14.5 Å². The summed E-state index contributed by atoms with van der Waals surface area (Å²) in [5.74, 6) is -0.197. The standard InChI is InChI=1S/C23H31N3O2/c1-5-26(17-22(28)25-23(2,3)4)16-21(27)24-20-14-10-9-13-19(20)15-18-11-7-6-8-12-18/h6-14H,5,15-17H2,1-4H3,(H,24,27)(H,25,28). The third-order valence-corrected chi connectivity index (χ3v) is 4.22. The summed E-state index contributed by atoms with van der Waals surface area (Å²) in [6.45, 7) is 8.77. The summed E-state index contributed by atoms with van der Waals surface area (Å²) >= 11 is 0. The molecule has 0 fully saturated rings. The highest BCUT2D eigenvalue weighted by Gasteiger charge is 2.18. The molecule has 0 saturated heterocycles. The zero-order valence-corrected chi connectivity index (χ0v) is 17.3. The Balaban J connectivity index is 1.97. The number of anilines is 1. The fraction of sp³-hybridized carbons (Fsp3) is 0.391. The second-order valence-corrected chi connectivity index (χ2v) is 7.97. The summed E-state index contributed by atoms with van der Waals surface area (Å²) in [5.41, 5.74) is 2.79. The van der Waals surface area contributed by atoms with Crippen molar-refractivity contribution in [2.24, 2.45) is 0 Å². The van der Waals surface area contributed by atoms with E-state index in [-0.39, 0.29) is 30.4 Å². The van der Waals surface area contributed by atoms with Crippen LogP contribution in [0.1, 0.15) is 38.8 Å². The Labute approximate surface area is 168 Å². The molecule has 0 aromatic heterocycles. The number of amides is 2. The molecule has 0 aliphatic rings. The number of carbonyl (C=O) groups is 2. The highest BCUT2D eigenvalue weighted by atomic mass is 16.2. The van der Waals surface area contributed by atoms with Crippen molar-refractivity contribution in [3.63, 3.8) is 0 Å². The Morgan fingerprint density at radius 2 is 1.50 bits per heavy atom. The molecule has 150 valence electrons. The van der Waals surface area contributed by atoms with Gasteiger partial charge in [0, 0.05) is 11.2 Å². The highest BCUT2D eigenvalue weighted by Crippen LogP contribution is 2.19. The number of nitrogens with one attached hydrogen (secondary N) is 2. The van der Waals surface area contributed by atoms with Gasteiger partial charge in [0.1, 0.15) is 0 Å². The van der Waals surface area contributed by atoms with E-state index in [2.05, 4.69) is 22.8 Å². The Hall–Kier alpha value is -2.66. The summed E-state index contributed by atoms with van der Waals surface area (Å²) < 4.78 is 0. The molecule has 0 radical (unpaired) electrons. The van der Waals surface area contributed by atoms with E-state index in [9.17, 15) is 9.59 Å². The van der Waals surface area contributed by atoms with Crippen molar-refractivity contribution in [2.75, 3.05) is 25.0 Å².